The molecule has 0 saturated heterocycles. The van der Waals surface area contributed by atoms with E-state index in [9.17, 15) is 4.79 Å². The summed E-state index contributed by atoms with van der Waals surface area (Å²) in [6.45, 7) is 5.55. The summed E-state index contributed by atoms with van der Waals surface area (Å²) in [6, 6.07) is 7.15. The summed E-state index contributed by atoms with van der Waals surface area (Å²) in [4.78, 5) is 21.7. The summed E-state index contributed by atoms with van der Waals surface area (Å²) >= 11 is 7.22. The number of imidazole rings is 1. The molecule has 0 saturated carbocycles. The second-order valence-corrected chi connectivity index (χ2v) is 7.56. The van der Waals surface area contributed by atoms with Crippen molar-refractivity contribution in [2.24, 2.45) is 0 Å². The van der Waals surface area contributed by atoms with E-state index >= 15 is 0 Å². The molecule has 0 radical (unpaired) electrons. The number of thiazole rings is 1. The fraction of sp³-hybridized carbons (Fsp3) is 0.316. The summed E-state index contributed by atoms with van der Waals surface area (Å²) in [6.07, 6.45) is 4.56. The molecule has 1 amide bonds. The van der Waals surface area contributed by atoms with E-state index in [4.69, 9.17) is 16.3 Å². The Morgan fingerprint density at radius 3 is 2.78 bits per heavy atom. The van der Waals surface area contributed by atoms with Crippen LogP contribution in [0.5, 0.6) is 5.75 Å². The SMILES string of the molecule is Cc1nc(COc2ccc(Cl)cc2)sc1C(=O)NCCCn1ccnc1C. The van der Waals surface area contributed by atoms with Gasteiger partial charge in [-0.15, -0.1) is 11.3 Å². The number of benzene rings is 1. The van der Waals surface area contributed by atoms with Crippen LogP contribution in [0.3, 0.4) is 0 Å². The van der Waals surface area contributed by atoms with E-state index in [0.29, 0.717) is 28.8 Å². The zero-order chi connectivity index (χ0) is 19.2. The number of aromatic nitrogens is 3. The molecule has 0 aliphatic heterocycles. The first kappa shape index (κ1) is 19.4. The smallest absolute Gasteiger partial charge is 0.263 e. The molecule has 8 heteroatoms. The number of aryl methyl sites for hydroxylation is 3. The van der Waals surface area contributed by atoms with Gasteiger partial charge in [0.25, 0.3) is 5.91 Å². The normalized spacial score (nSPS) is 10.8. The average molecular weight is 405 g/mol. The van der Waals surface area contributed by atoms with E-state index in [0.717, 1.165) is 29.5 Å². The zero-order valence-electron chi connectivity index (χ0n) is 15.2. The highest BCUT2D eigenvalue weighted by molar-refractivity contribution is 7.13. The highest BCUT2D eigenvalue weighted by Gasteiger charge is 2.15. The van der Waals surface area contributed by atoms with Gasteiger partial charge in [0.2, 0.25) is 0 Å². The van der Waals surface area contributed by atoms with Crippen LogP contribution in [0, 0.1) is 13.8 Å². The predicted molar refractivity (Wildman–Crippen MR) is 107 cm³/mol. The Kier molecular flexibility index (Phi) is 6.47. The number of hydrogen-bond donors (Lipinski definition) is 1. The van der Waals surface area contributed by atoms with Crippen LogP contribution < -0.4 is 10.1 Å². The molecule has 0 unspecified atom stereocenters. The lowest BCUT2D eigenvalue weighted by Crippen LogP contribution is -2.25. The van der Waals surface area contributed by atoms with Crippen molar-refractivity contribution in [1.82, 2.24) is 19.9 Å². The first-order valence-corrected chi connectivity index (χ1v) is 9.83. The molecule has 3 aromatic rings. The molecule has 0 bridgehead atoms. The van der Waals surface area contributed by atoms with Crippen LogP contribution in [0.25, 0.3) is 0 Å². The summed E-state index contributed by atoms with van der Waals surface area (Å²) in [7, 11) is 0. The largest absolute Gasteiger partial charge is 0.486 e. The van der Waals surface area contributed by atoms with Crippen molar-refractivity contribution in [3.8, 4) is 5.75 Å². The van der Waals surface area contributed by atoms with Crippen molar-refractivity contribution >= 4 is 28.8 Å². The van der Waals surface area contributed by atoms with Crippen molar-refractivity contribution in [3.63, 3.8) is 0 Å². The van der Waals surface area contributed by atoms with Crippen molar-refractivity contribution in [3.05, 3.63) is 63.1 Å². The fourth-order valence-electron chi connectivity index (χ4n) is 2.57. The lowest BCUT2D eigenvalue weighted by molar-refractivity contribution is 0.0956. The van der Waals surface area contributed by atoms with E-state index < -0.39 is 0 Å². The van der Waals surface area contributed by atoms with E-state index in [1.807, 2.05) is 20.0 Å². The van der Waals surface area contributed by atoms with Gasteiger partial charge < -0.3 is 14.6 Å². The summed E-state index contributed by atoms with van der Waals surface area (Å²) in [5, 5.41) is 4.38. The second kappa shape index (κ2) is 9.01. The number of carbonyl (C=O) groups is 1. The monoisotopic (exact) mass is 404 g/mol. The number of halogens is 1. The number of ether oxygens (including phenoxy) is 1. The highest BCUT2D eigenvalue weighted by atomic mass is 35.5. The maximum atomic E-state index is 12.4. The topological polar surface area (TPSA) is 69.0 Å². The van der Waals surface area contributed by atoms with Crippen molar-refractivity contribution in [2.75, 3.05) is 6.54 Å². The molecule has 0 aliphatic carbocycles. The molecule has 1 aromatic carbocycles. The van der Waals surface area contributed by atoms with Gasteiger partial charge in [-0.2, -0.15) is 0 Å². The second-order valence-electron chi connectivity index (χ2n) is 6.04. The van der Waals surface area contributed by atoms with Gasteiger partial charge in [-0.25, -0.2) is 9.97 Å². The Hall–Kier alpha value is -2.38. The Balaban J connectivity index is 1.48. The molecule has 0 atom stereocenters. The first-order chi connectivity index (χ1) is 13.0. The number of carbonyl (C=O) groups excluding carboxylic acids is 1. The Labute approximate surface area is 167 Å². The number of nitrogens with one attached hydrogen (secondary N) is 1. The molecule has 142 valence electrons. The molecular formula is C19H21ClN4O2S. The molecule has 1 N–H and O–H groups in total. The zero-order valence-corrected chi connectivity index (χ0v) is 16.8. The van der Waals surface area contributed by atoms with Crippen molar-refractivity contribution in [2.45, 2.75) is 33.4 Å². The number of hydrogen-bond acceptors (Lipinski definition) is 5. The quantitative estimate of drug-likeness (QED) is 0.576. The van der Waals surface area contributed by atoms with Crippen LogP contribution in [0.15, 0.2) is 36.7 Å². The molecular weight excluding hydrogens is 384 g/mol. The third-order valence-corrected chi connectivity index (χ3v) is 5.39. The highest BCUT2D eigenvalue weighted by Crippen LogP contribution is 2.21. The van der Waals surface area contributed by atoms with E-state index in [2.05, 4.69) is 19.9 Å². The third-order valence-electron chi connectivity index (χ3n) is 4.01. The van der Waals surface area contributed by atoms with Gasteiger partial charge in [0, 0.05) is 30.5 Å². The van der Waals surface area contributed by atoms with Crippen LogP contribution in [-0.4, -0.2) is 27.0 Å². The maximum absolute atomic E-state index is 12.4. The lowest BCUT2D eigenvalue weighted by Gasteiger charge is -2.06. The van der Waals surface area contributed by atoms with Gasteiger partial charge in [0.05, 0.1) is 5.69 Å². The van der Waals surface area contributed by atoms with Crippen molar-refractivity contribution < 1.29 is 9.53 Å². The Bertz CT molecular complexity index is 905. The molecule has 0 aliphatic rings. The van der Waals surface area contributed by atoms with Crippen LogP contribution >= 0.6 is 22.9 Å². The predicted octanol–water partition coefficient (Wildman–Crippen LogP) is 4.01. The summed E-state index contributed by atoms with van der Waals surface area (Å²) in [5.41, 5.74) is 0.720. The molecule has 6 nitrogen and oxygen atoms in total. The van der Waals surface area contributed by atoms with Crippen molar-refractivity contribution in [1.29, 1.82) is 0 Å². The Morgan fingerprint density at radius 2 is 2.07 bits per heavy atom. The standard InChI is InChI=1S/C19H21ClN4O2S/c1-13-18(19(25)22-8-3-10-24-11-9-21-14(24)2)27-17(23-13)12-26-16-6-4-15(20)5-7-16/h4-7,9,11H,3,8,10,12H2,1-2H3,(H,22,25). The molecule has 27 heavy (non-hydrogen) atoms. The van der Waals surface area contributed by atoms with Gasteiger partial charge in [-0.3, -0.25) is 4.79 Å². The van der Waals surface area contributed by atoms with Crippen LogP contribution in [0.4, 0.5) is 0 Å². The maximum Gasteiger partial charge on any atom is 0.263 e. The van der Waals surface area contributed by atoms with Gasteiger partial charge in [0.1, 0.15) is 28.1 Å². The van der Waals surface area contributed by atoms with Gasteiger partial charge in [0.15, 0.2) is 0 Å². The molecule has 0 fully saturated rings. The van der Waals surface area contributed by atoms with E-state index in [1.165, 1.54) is 11.3 Å². The third kappa shape index (κ3) is 5.30. The van der Waals surface area contributed by atoms with Gasteiger partial charge in [-0.1, -0.05) is 11.6 Å². The van der Waals surface area contributed by atoms with E-state index in [-0.39, 0.29) is 5.91 Å². The van der Waals surface area contributed by atoms with Crippen LogP contribution in [0.1, 0.15) is 32.6 Å². The van der Waals surface area contributed by atoms with Gasteiger partial charge >= 0.3 is 0 Å². The first-order valence-electron chi connectivity index (χ1n) is 8.63. The van der Waals surface area contributed by atoms with Gasteiger partial charge in [-0.05, 0) is 44.5 Å². The molecule has 3 rings (SSSR count). The fourth-order valence-corrected chi connectivity index (χ4v) is 3.59. The molecule has 2 heterocycles. The van der Waals surface area contributed by atoms with Crippen LogP contribution in [0.2, 0.25) is 5.02 Å². The minimum absolute atomic E-state index is 0.0925. The Morgan fingerprint density at radius 1 is 1.30 bits per heavy atom. The number of amides is 1. The molecule has 2 aromatic heterocycles. The molecule has 0 spiro atoms. The number of rotatable bonds is 8. The number of nitrogens with zero attached hydrogens (tertiary/aromatic N) is 3. The minimum Gasteiger partial charge on any atom is -0.486 e. The summed E-state index contributed by atoms with van der Waals surface area (Å²) < 4.78 is 7.76. The summed E-state index contributed by atoms with van der Waals surface area (Å²) in [5.74, 6) is 1.60. The van der Waals surface area contributed by atoms with E-state index in [1.54, 1.807) is 30.5 Å². The average Bonchev–Trinajstić information content (AvgIpc) is 3.23. The van der Waals surface area contributed by atoms with Crippen LogP contribution in [-0.2, 0) is 13.2 Å². The minimum atomic E-state index is -0.0925. The lowest BCUT2D eigenvalue weighted by atomic mass is 10.3.